The topological polar surface area (TPSA) is 241 Å². The molecule has 1 fully saturated rings. The quantitative estimate of drug-likeness (QED) is 0.0586. The van der Waals surface area contributed by atoms with Gasteiger partial charge in [-0.3, -0.25) is 25.2 Å². The summed E-state index contributed by atoms with van der Waals surface area (Å²) in [6.45, 7) is 22.4. The molecule has 6 amide bonds. The van der Waals surface area contributed by atoms with Crippen molar-refractivity contribution in [1.29, 1.82) is 0 Å². The van der Waals surface area contributed by atoms with Gasteiger partial charge in [-0.05, 0) is 134 Å². The number of hydrogen-bond acceptors (Lipinski definition) is 12. The van der Waals surface area contributed by atoms with Crippen molar-refractivity contribution in [1.82, 2.24) is 31.5 Å². The van der Waals surface area contributed by atoms with Crippen LogP contribution in [0.4, 0.5) is 19.2 Å². The van der Waals surface area contributed by atoms with Gasteiger partial charge in [0.15, 0.2) is 0 Å². The van der Waals surface area contributed by atoms with Crippen molar-refractivity contribution in [3.63, 3.8) is 0 Å². The van der Waals surface area contributed by atoms with Gasteiger partial charge in [0.2, 0.25) is 17.8 Å². The summed E-state index contributed by atoms with van der Waals surface area (Å²) in [5.41, 5.74) is 3.40. The van der Waals surface area contributed by atoms with Gasteiger partial charge in [0.05, 0.1) is 6.04 Å². The van der Waals surface area contributed by atoms with Crippen molar-refractivity contribution >= 4 is 42.1 Å². The number of rotatable bonds is 15. The zero-order valence-electron chi connectivity index (χ0n) is 35.8. The van der Waals surface area contributed by atoms with E-state index >= 15 is 0 Å². The predicted octanol–water partition coefficient (Wildman–Crippen LogP) is 4.44. The molecule has 1 heterocycles. The standard InChI is InChI=1S/C38H70N8O10/c1-35(2,3)53-31(49)40-20-15-13-17-26(39)28(47)43-27(18-14-16-21-41-32(50)54-36(4,5)6)29(48)46-22-19-25(24-46)23-42-30(44-33(51)55-37(7,8)9)45-34(52)56-38(10,11)12/h25-27H,13-24,39H2,1-12H3,(H,40,49)(H,41,50)(H,43,47)(H2,42,44,45,51,52)/t25-,26+,27+/m1/s1. The highest BCUT2D eigenvalue weighted by atomic mass is 16.6. The largest absolute Gasteiger partial charge is 0.444 e. The molecule has 3 atom stereocenters. The van der Waals surface area contributed by atoms with Crippen LogP contribution in [0.5, 0.6) is 0 Å². The first-order chi connectivity index (χ1) is 25.6. The minimum absolute atomic E-state index is 0.124. The minimum atomic E-state index is -0.880. The Balaban J connectivity index is 2.94. The van der Waals surface area contributed by atoms with Crippen molar-refractivity contribution in [3.05, 3.63) is 0 Å². The van der Waals surface area contributed by atoms with Crippen LogP contribution in [0.1, 0.15) is 128 Å². The Morgan fingerprint density at radius 2 is 1.09 bits per heavy atom. The Hall–Kier alpha value is -4.35. The molecule has 0 unspecified atom stereocenters. The van der Waals surface area contributed by atoms with E-state index in [0.29, 0.717) is 71.1 Å². The number of nitrogens with one attached hydrogen (secondary N) is 5. The highest BCUT2D eigenvalue weighted by molar-refractivity contribution is 6.01. The molecule has 0 aliphatic carbocycles. The number of hydrogen-bond donors (Lipinski definition) is 6. The number of carbonyl (C=O) groups excluding carboxylic acids is 6. The first kappa shape index (κ1) is 49.7. The summed E-state index contributed by atoms with van der Waals surface area (Å²) in [6, 6.07) is -1.75. The summed E-state index contributed by atoms with van der Waals surface area (Å²) >= 11 is 0. The van der Waals surface area contributed by atoms with Gasteiger partial charge >= 0.3 is 24.4 Å². The molecule has 0 spiro atoms. The van der Waals surface area contributed by atoms with Gasteiger partial charge < -0.3 is 45.5 Å². The van der Waals surface area contributed by atoms with E-state index in [9.17, 15) is 28.8 Å². The van der Waals surface area contributed by atoms with Crippen molar-refractivity contribution in [3.8, 4) is 0 Å². The summed E-state index contributed by atoms with van der Waals surface area (Å²) in [7, 11) is 0. The molecule has 1 rings (SSSR count). The average Bonchev–Trinajstić information content (AvgIpc) is 3.47. The molecule has 18 nitrogen and oxygen atoms in total. The molecule has 0 bridgehead atoms. The number of alkyl carbamates (subject to hydrolysis) is 4. The Morgan fingerprint density at radius 3 is 1.54 bits per heavy atom. The first-order valence-corrected chi connectivity index (χ1v) is 19.5. The van der Waals surface area contributed by atoms with Crippen LogP contribution in [-0.2, 0) is 28.5 Å². The molecule has 0 aromatic carbocycles. The molecule has 1 aliphatic heterocycles. The van der Waals surface area contributed by atoms with Crippen LogP contribution >= 0.6 is 0 Å². The summed E-state index contributed by atoms with van der Waals surface area (Å²) in [5, 5.41) is 13.2. The van der Waals surface area contributed by atoms with Gasteiger partial charge in [-0.25, -0.2) is 19.2 Å². The summed E-state index contributed by atoms with van der Waals surface area (Å²) < 4.78 is 21.1. The summed E-state index contributed by atoms with van der Waals surface area (Å²) in [6.07, 6.45) is 0.709. The molecule has 322 valence electrons. The SMILES string of the molecule is CC(C)(C)OC(=O)NCCCC[C@H](NC(=O)[C@@H](N)CCCCNC(=O)OC(C)(C)C)C(=O)N1CC[C@H](CN=C(NC(=O)OC(C)(C)C)NC(=O)OC(C)(C)C)C1. The van der Waals surface area contributed by atoms with Gasteiger partial charge in [0.25, 0.3) is 0 Å². The zero-order chi connectivity index (χ0) is 42.9. The van der Waals surface area contributed by atoms with Crippen LogP contribution in [-0.4, -0.2) is 114 Å². The van der Waals surface area contributed by atoms with E-state index in [2.05, 4.69) is 31.6 Å². The van der Waals surface area contributed by atoms with Crippen molar-refractivity contribution < 1.29 is 47.7 Å². The molecule has 0 aromatic rings. The maximum atomic E-state index is 13.9. The Bertz CT molecular complexity index is 1310. The van der Waals surface area contributed by atoms with E-state index in [-0.39, 0.29) is 24.3 Å². The maximum absolute atomic E-state index is 13.9. The Morgan fingerprint density at radius 1 is 0.661 bits per heavy atom. The zero-order valence-corrected chi connectivity index (χ0v) is 35.8. The number of likely N-dealkylation sites (tertiary alicyclic amines) is 1. The lowest BCUT2D eigenvalue weighted by Gasteiger charge is -2.26. The van der Waals surface area contributed by atoms with Crippen LogP contribution in [0, 0.1) is 5.92 Å². The highest BCUT2D eigenvalue weighted by Gasteiger charge is 2.33. The van der Waals surface area contributed by atoms with Crippen LogP contribution < -0.4 is 32.3 Å². The summed E-state index contributed by atoms with van der Waals surface area (Å²) in [4.78, 5) is 82.1. The average molecular weight is 799 g/mol. The fourth-order valence-electron chi connectivity index (χ4n) is 5.17. The van der Waals surface area contributed by atoms with Crippen molar-refractivity contribution in [2.75, 3.05) is 32.7 Å². The number of nitrogens with zero attached hydrogens (tertiary/aromatic N) is 2. The van der Waals surface area contributed by atoms with Gasteiger partial charge in [0.1, 0.15) is 28.4 Å². The second-order valence-electron chi connectivity index (χ2n) is 17.9. The monoisotopic (exact) mass is 799 g/mol. The minimum Gasteiger partial charge on any atom is -0.444 e. The third-order valence-electron chi connectivity index (χ3n) is 7.49. The molecule has 0 saturated carbocycles. The summed E-state index contributed by atoms with van der Waals surface area (Å²) in [5.74, 6) is -1.03. The normalized spacial score (nSPS) is 15.7. The number of ether oxygens (including phenoxy) is 4. The molecule has 7 N–H and O–H groups in total. The van der Waals surface area contributed by atoms with Crippen molar-refractivity contribution in [2.45, 2.75) is 163 Å². The van der Waals surface area contributed by atoms with Crippen LogP contribution in [0.15, 0.2) is 4.99 Å². The Kier molecular flexibility index (Phi) is 19.9. The Labute approximate surface area is 332 Å². The number of nitrogens with two attached hydrogens (primary N) is 1. The molecule has 0 aromatic heterocycles. The van der Waals surface area contributed by atoms with Crippen LogP contribution in [0.3, 0.4) is 0 Å². The number of aliphatic imine (C=N–C) groups is 1. The molecule has 1 saturated heterocycles. The van der Waals surface area contributed by atoms with E-state index in [1.54, 1.807) is 88.0 Å². The van der Waals surface area contributed by atoms with E-state index in [0.717, 1.165) is 0 Å². The third-order valence-corrected chi connectivity index (χ3v) is 7.49. The molecular weight excluding hydrogens is 728 g/mol. The second-order valence-corrected chi connectivity index (χ2v) is 17.9. The molecule has 18 heteroatoms. The lowest BCUT2D eigenvalue weighted by atomic mass is 10.1. The lowest BCUT2D eigenvalue weighted by Crippen LogP contribution is -2.52. The fraction of sp³-hybridized carbons (Fsp3) is 0.816. The van der Waals surface area contributed by atoms with Gasteiger partial charge in [-0.2, -0.15) is 0 Å². The number of amides is 6. The van der Waals surface area contributed by atoms with Gasteiger partial charge in [-0.1, -0.05) is 0 Å². The third kappa shape index (κ3) is 24.2. The number of carbonyl (C=O) groups is 6. The lowest BCUT2D eigenvalue weighted by molar-refractivity contribution is -0.136. The first-order valence-electron chi connectivity index (χ1n) is 19.5. The highest BCUT2D eigenvalue weighted by Crippen LogP contribution is 2.19. The molecule has 0 radical (unpaired) electrons. The smallest absolute Gasteiger partial charge is 0.414 e. The van der Waals surface area contributed by atoms with Gasteiger partial charge in [-0.15, -0.1) is 0 Å². The number of unbranched alkanes of at least 4 members (excludes halogenated alkanes) is 2. The fourth-order valence-corrected chi connectivity index (χ4v) is 5.17. The molecular formula is C38H70N8O10. The second kappa shape index (κ2) is 22.4. The number of guanidine groups is 1. The van der Waals surface area contributed by atoms with Crippen LogP contribution in [0.2, 0.25) is 0 Å². The molecule has 56 heavy (non-hydrogen) atoms. The predicted molar refractivity (Wildman–Crippen MR) is 212 cm³/mol. The van der Waals surface area contributed by atoms with E-state index in [1.807, 2.05) is 0 Å². The van der Waals surface area contributed by atoms with E-state index in [4.69, 9.17) is 24.7 Å². The van der Waals surface area contributed by atoms with Crippen LogP contribution in [0.25, 0.3) is 0 Å². The van der Waals surface area contributed by atoms with E-state index < -0.39 is 64.8 Å². The van der Waals surface area contributed by atoms with Crippen molar-refractivity contribution in [2.24, 2.45) is 16.6 Å². The van der Waals surface area contributed by atoms with E-state index in [1.165, 1.54) is 0 Å². The molecule has 1 aliphatic rings. The van der Waals surface area contributed by atoms with Gasteiger partial charge in [0, 0.05) is 32.7 Å². The maximum Gasteiger partial charge on any atom is 0.414 e.